The Labute approximate surface area is 90.6 Å². The number of rotatable bonds is 3. The molecule has 0 aromatic rings. The highest BCUT2D eigenvalue weighted by Gasteiger charge is 2.32. The fourth-order valence-corrected chi connectivity index (χ4v) is 3.87. The van der Waals surface area contributed by atoms with Gasteiger partial charge in [-0.2, -0.15) is 0 Å². The van der Waals surface area contributed by atoms with Crippen molar-refractivity contribution in [2.75, 3.05) is 25.4 Å². The molecule has 2 rings (SSSR count). The van der Waals surface area contributed by atoms with Crippen LogP contribution in [0.25, 0.3) is 0 Å². The van der Waals surface area contributed by atoms with E-state index in [1.165, 1.54) is 4.31 Å². The molecule has 15 heavy (non-hydrogen) atoms. The number of hydrogen-bond acceptors (Lipinski definition) is 4. The van der Waals surface area contributed by atoms with E-state index in [1.807, 2.05) is 0 Å². The van der Waals surface area contributed by atoms with Crippen LogP contribution >= 0.6 is 0 Å². The monoisotopic (exact) mass is 234 g/mol. The van der Waals surface area contributed by atoms with E-state index in [9.17, 15) is 8.42 Å². The van der Waals surface area contributed by atoms with Gasteiger partial charge in [-0.3, -0.25) is 0 Å². The van der Waals surface area contributed by atoms with Gasteiger partial charge in [0.25, 0.3) is 0 Å². The van der Waals surface area contributed by atoms with Crippen molar-refractivity contribution in [3.8, 4) is 0 Å². The fourth-order valence-electron chi connectivity index (χ4n) is 2.12. The van der Waals surface area contributed by atoms with Crippen LogP contribution in [0.3, 0.4) is 0 Å². The lowest BCUT2D eigenvalue weighted by Gasteiger charge is -2.18. The van der Waals surface area contributed by atoms with E-state index in [0.717, 1.165) is 19.3 Å². The molecule has 5 nitrogen and oxygen atoms in total. The second-order valence-electron chi connectivity index (χ2n) is 4.32. The maximum Gasteiger partial charge on any atom is 0.216 e. The Morgan fingerprint density at radius 3 is 2.73 bits per heavy atom. The van der Waals surface area contributed by atoms with Gasteiger partial charge in [-0.15, -0.1) is 0 Å². The number of ether oxygens (including phenoxy) is 1. The van der Waals surface area contributed by atoms with Gasteiger partial charge in [0, 0.05) is 25.7 Å². The molecule has 2 unspecified atom stereocenters. The summed E-state index contributed by atoms with van der Waals surface area (Å²) in [4.78, 5) is 0. The zero-order valence-electron chi connectivity index (χ0n) is 8.76. The molecule has 0 saturated carbocycles. The van der Waals surface area contributed by atoms with Crippen molar-refractivity contribution in [3.63, 3.8) is 0 Å². The Morgan fingerprint density at radius 2 is 2.20 bits per heavy atom. The molecule has 88 valence electrons. The van der Waals surface area contributed by atoms with Crippen LogP contribution in [0.5, 0.6) is 0 Å². The second kappa shape index (κ2) is 4.37. The van der Waals surface area contributed by atoms with Crippen molar-refractivity contribution < 1.29 is 13.2 Å². The van der Waals surface area contributed by atoms with Crippen LogP contribution in [-0.2, 0) is 14.8 Å². The van der Waals surface area contributed by atoms with Gasteiger partial charge in [-0.1, -0.05) is 0 Å². The molecule has 0 spiro atoms. The Bertz CT molecular complexity index is 311. The molecule has 2 saturated heterocycles. The van der Waals surface area contributed by atoms with Gasteiger partial charge in [0.15, 0.2) is 0 Å². The van der Waals surface area contributed by atoms with E-state index in [1.54, 1.807) is 0 Å². The van der Waals surface area contributed by atoms with Gasteiger partial charge in [0.05, 0.1) is 11.9 Å². The fraction of sp³-hybridized carbons (Fsp3) is 1.00. The van der Waals surface area contributed by atoms with Crippen LogP contribution in [0, 0.1) is 0 Å². The molecule has 0 amide bonds. The molecular formula is C9H18N2O3S. The summed E-state index contributed by atoms with van der Waals surface area (Å²) < 4.78 is 30.7. The third kappa shape index (κ3) is 2.69. The molecule has 2 fully saturated rings. The minimum absolute atomic E-state index is 0.00396. The molecule has 2 aliphatic rings. The van der Waals surface area contributed by atoms with Crippen molar-refractivity contribution in [3.05, 3.63) is 0 Å². The van der Waals surface area contributed by atoms with Crippen molar-refractivity contribution in [1.82, 2.24) is 4.31 Å². The lowest BCUT2D eigenvalue weighted by Crippen LogP contribution is -2.36. The number of hydrogen-bond donors (Lipinski definition) is 1. The predicted molar refractivity (Wildman–Crippen MR) is 56.9 cm³/mol. The standard InChI is InChI=1S/C9H18N2O3S/c10-8-3-4-11(6-8)15(12,13)7-9-2-1-5-14-9/h8-9H,1-7,10H2. The van der Waals surface area contributed by atoms with Crippen molar-refractivity contribution in [1.29, 1.82) is 0 Å². The van der Waals surface area contributed by atoms with Gasteiger partial charge < -0.3 is 10.5 Å². The maximum absolute atomic E-state index is 11.9. The van der Waals surface area contributed by atoms with E-state index in [0.29, 0.717) is 19.7 Å². The quantitative estimate of drug-likeness (QED) is 0.716. The minimum Gasteiger partial charge on any atom is -0.377 e. The Morgan fingerprint density at radius 1 is 1.40 bits per heavy atom. The maximum atomic E-state index is 11.9. The zero-order valence-corrected chi connectivity index (χ0v) is 9.58. The van der Waals surface area contributed by atoms with E-state index in [2.05, 4.69) is 0 Å². The molecule has 0 bridgehead atoms. The zero-order chi connectivity index (χ0) is 10.9. The van der Waals surface area contributed by atoms with Crippen molar-refractivity contribution in [2.45, 2.75) is 31.4 Å². The molecule has 0 aromatic heterocycles. The highest BCUT2D eigenvalue weighted by molar-refractivity contribution is 7.89. The number of nitrogens with two attached hydrogens (primary N) is 1. The summed E-state index contributed by atoms with van der Waals surface area (Å²) in [6.45, 7) is 1.73. The largest absolute Gasteiger partial charge is 0.377 e. The lowest BCUT2D eigenvalue weighted by atomic mass is 10.3. The van der Waals surface area contributed by atoms with Crippen LogP contribution < -0.4 is 5.73 Å². The molecular weight excluding hydrogens is 216 g/mol. The molecule has 0 radical (unpaired) electrons. The third-order valence-electron chi connectivity index (χ3n) is 3.00. The summed E-state index contributed by atoms with van der Waals surface area (Å²) in [5.74, 6) is 0.125. The van der Waals surface area contributed by atoms with E-state index in [4.69, 9.17) is 10.5 Å². The third-order valence-corrected chi connectivity index (χ3v) is 4.91. The molecule has 2 N–H and O–H groups in total. The van der Waals surface area contributed by atoms with E-state index in [-0.39, 0.29) is 17.9 Å². The predicted octanol–water partition coefficient (Wildman–Crippen LogP) is -0.472. The topological polar surface area (TPSA) is 72.6 Å². The molecule has 2 heterocycles. The summed E-state index contributed by atoms with van der Waals surface area (Å²) in [6.07, 6.45) is 2.50. The van der Waals surface area contributed by atoms with Gasteiger partial charge in [-0.25, -0.2) is 12.7 Å². The number of sulfonamides is 1. The lowest BCUT2D eigenvalue weighted by molar-refractivity contribution is 0.126. The van der Waals surface area contributed by atoms with E-state index >= 15 is 0 Å². The minimum atomic E-state index is -3.15. The molecule has 6 heteroatoms. The van der Waals surface area contributed by atoms with Crippen LogP contribution in [0.4, 0.5) is 0 Å². The molecule has 0 aliphatic carbocycles. The summed E-state index contributed by atoms with van der Waals surface area (Å²) in [7, 11) is -3.15. The van der Waals surface area contributed by atoms with Crippen LogP contribution in [0.15, 0.2) is 0 Å². The smallest absolute Gasteiger partial charge is 0.216 e. The molecule has 0 aromatic carbocycles. The van der Waals surface area contributed by atoms with Gasteiger partial charge in [0.2, 0.25) is 10.0 Å². The summed E-state index contributed by atoms with van der Waals surface area (Å²) in [6, 6.07) is 0.00396. The van der Waals surface area contributed by atoms with Crippen molar-refractivity contribution in [2.24, 2.45) is 5.73 Å². The molecule has 2 atom stereocenters. The average Bonchev–Trinajstić information content (AvgIpc) is 2.75. The van der Waals surface area contributed by atoms with Gasteiger partial charge in [0.1, 0.15) is 0 Å². The van der Waals surface area contributed by atoms with E-state index < -0.39 is 10.0 Å². The van der Waals surface area contributed by atoms with Gasteiger partial charge >= 0.3 is 0 Å². The normalized spacial score (nSPS) is 33.7. The first-order valence-corrected chi connectivity index (χ1v) is 7.04. The molecule has 2 aliphatic heterocycles. The van der Waals surface area contributed by atoms with Gasteiger partial charge in [-0.05, 0) is 19.3 Å². The van der Waals surface area contributed by atoms with Crippen LogP contribution in [0.2, 0.25) is 0 Å². The SMILES string of the molecule is NC1CCN(S(=O)(=O)CC2CCCO2)C1. The van der Waals surface area contributed by atoms with Crippen LogP contribution in [-0.4, -0.2) is 50.3 Å². The first-order chi connectivity index (χ1) is 7.08. The highest BCUT2D eigenvalue weighted by atomic mass is 32.2. The summed E-state index contributed by atoms with van der Waals surface area (Å²) in [5.41, 5.74) is 5.69. The Hall–Kier alpha value is -0.170. The average molecular weight is 234 g/mol. The number of nitrogens with zero attached hydrogens (tertiary/aromatic N) is 1. The first-order valence-electron chi connectivity index (χ1n) is 5.43. The summed E-state index contributed by atoms with van der Waals surface area (Å²) >= 11 is 0. The summed E-state index contributed by atoms with van der Waals surface area (Å²) in [5, 5.41) is 0. The van der Waals surface area contributed by atoms with Crippen molar-refractivity contribution >= 4 is 10.0 Å². The Kier molecular flexibility index (Phi) is 3.30. The first kappa shape index (κ1) is 11.3. The Balaban J connectivity index is 1.94. The second-order valence-corrected chi connectivity index (χ2v) is 6.33. The highest BCUT2D eigenvalue weighted by Crippen LogP contribution is 2.18. The van der Waals surface area contributed by atoms with Crippen LogP contribution in [0.1, 0.15) is 19.3 Å².